The van der Waals surface area contributed by atoms with E-state index in [0.717, 1.165) is 6.54 Å². The summed E-state index contributed by atoms with van der Waals surface area (Å²) in [5, 5.41) is 3.41. The number of hydrogen-bond donors (Lipinski definition) is 2. The zero-order valence-electron chi connectivity index (χ0n) is 7.04. The third-order valence-electron chi connectivity index (χ3n) is 1.34. The molecule has 6 heteroatoms. The van der Waals surface area contributed by atoms with Gasteiger partial charge in [0.25, 0.3) is 0 Å². The van der Waals surface area contributed by atoms with E-state index in [-0.39, 0.29) is 0 Å². The van der Waals surface area contributed by atoms with Crippen molar-refractivity contribution in [3.8, 4) is 0 Å². The van der Waals surface area contributed by atoms with Crippen molar-refractivity contribution in [1.82, 2.24) is 5.32 Å². The molecule has 0 aliphatic carbocycles. The average Bonchev–Trinajstić information content (AvgIpc) is 2.02. The van der Waals surface area contributed by atoms with Gasteiger partial charge >= 0.3 is 89.1 Å². The second-order valence-corrected chi connectivity index (χ2v) is 21.3. The molecule has 0 atom stereocenters. The predicted molar refractivity (Wildman–Crippen MR) is 65.1 cm³/mol. The number of nitrogens with two attached hydrogens (primary N) is 1. The molecule has 0 aromatic carbocycles. The van der Waals surface area contributed by atoms with Crippen LogP contribution in [0, 0.1) is 0 Å². The van der Waals surface area contributed by atoms with E-state index >= 15 is 0 Å². The third kappa shape index (κ3) is 5.29. The van der Waals surface area contributed by atoms with Crippen molar-refractivity contribution in [3.63, 3.8) is 0 Å². The molecule has 1 heterocycles. The summed E-state index contributed by atoms with van der Waals surface area (Å²) in [6.07, 6.45) is 0. The molecule has 0 unspecified atom stereocenters. The molecule has 0 aromatic rings. The van der Waals surface area contributed by atoms with Gasteiger partial charge in [-0.05, 0) is 0 Å². The van der Waals surface area contributed by atoms with Gasteiger partial charge in [0.15, 0.2) is 0 Å². The van der Waals surface area contributed by atoms with Gasteiger partial charge in [-0.3, -0.25) is 0 Å². The molecule has 0 bridgehead atoms. The topological polar surface area (TPSA) is 38.0 Å². The van der Waals surface area contributed by atoms with E-state index in [1.807, 2.05) is 0 Å². The maximum atomic E-state index is 5.49. The summed E-state index contributed by atoms with van der Waals surface area (Å²) < 4.78 is 0. The first-order valence-electron chi connectivity index (χ1n) is 4.09. The Hall–Kier alpha value is 1.51. The zero-order valence-corrected chi connectivity index (χ0v) is 11.6. The van der Waals surface area contributed by atoms with Crippen molar-refractivity contribution in [1.29, 1.82) is 0 Å². The molecule has 1 rings (SSSR count). The normalized spacial score (nSPS) is 21.8. The number of nitrogens with one attached hydrogen (secondary N) is 1. The Morgan fingerprint density at radius 1 is 1.33 bits per heavy atom. The van der Waals surface area contributed by atoms with Crippen LogP contribution < -0.4 is 11.1 Å². The summed E-state index contributed by atoms with van der Waals surface area (Å²) in [5.74, 6) is 3.78. The molecule has 71 valence electrons. The molecule has 1 aliphatic rings. The van der Waals surface area contributed by atoms with Gasteiger partial charge in [0.2, 0.25) is 0 Å². The minimum absolute atomic E-state index is 0.848. The fraction of sp³-hybridized carbons (Fsp3) is 1.00. The first-order valence-corrected chi connectivity index (χ1v) is 14.8. The molecule has 1 saturated heterocycles. The molecule has 0 aromatic heterocycles. The third-order valence-corrected chi connectivity index (χ3v) is 22.6. The fourth-order valence-corrected chi connectivity index (χ4v) is 20.6. The van der Waals surface area contributed by atoms with Crippen molar-refractivity contribution < 1.29 is 0 Å². The van der Waals surface area contributed by atoms with Crippen LogP contribution in [-0.4, -0.2) is 47.8 Å². The van der Waals surface area contributed by atoms with Gasteiger partial charge < -0.3 is 0 Å². The molecule has 1 fully saturated rings. The molecule has 3 N–H and O–H groups in total. The van der Waals surface area contributed by atoms with E-state index in [9.17, 15) is 0 Å². The monoisotopic (exact) mass is 285 g/mol. The van der Waals surface area contributed by atoms with Gasteiger partial charge in [0.1, 0.15) is 0 Å². The van der Waals surface area contributed by atoms with Crippen LogP contribution >= 0.6 is 30.3 Å². The zero-order chi connectivity index (χ0) is 8.65. The summed E-state index contributed by atoms with van der Waals surface area (Å²) in [4.78, 5) is 0. The Morgan fingerprint density at radius 3 is 2.58 bits per heavy atom. The number of rotatable bonds is 3. The Kier molecular flexibility index (Phi) is 7.60. The van der Waals surface area contributed by atoms with Gasteiger partial charge in [-0.1, -0.05) is 0 Å². The van der Waals surface area contributed by atoms with Gasteiger partial charge in [-0.2, -0.15) is 0 Å². The quantitative estimate of drug-likeness (QED) is 0.748. The first kappa shape index (κ1) is 11.6. The summed E-state index contributed by atoms with van der Waals surface area (Å²) in [6, 6.07) is 0. The van der Waals surface area contributed by atoms with E-state index in [0.29, 0.717) is 0 Å². The van der Waals surface area contributed by atoms with Crippen molar-refractivity contribution in [3.05, 3.63) is 0 Å². The van der Waals surface area contributed by atoms with Crippen LogP contribution in [-0.2, 0) is 0 Å². The Balaban J connectivity index is 2.11. The molecule has 12 heavy (non-hydrogen) atoms. The van der Waals surface area contributed by atoms with E-state index in [1.54, 1.807) is 0 Å². The van der Waals surface area contributed by atoms with Crippen molar-refractivity contribution in [2.75, 3.05) is 36.9 Å². The van der Waals surface area contributed by atoms with E-state index in [2.05, 4.69) is 35.6 Å². The second-order valence-electron chi connectivity index (χ2n) is 2.33. The summed E-state index contributed by atoms with van der Waals surface area (Å²) in [7, 11) is 5.73. The van der Waals surface area contributed by atoms with E-state index < -0.39 is 10.9 Å². The molecule has 0 saturated carbocycles. The van der Waals surface area contributed by atoms with Crippen molar-refractivity contribution >= 4 is 41.2 Å². The SMILES string of the molecule is NCC[S][Ge]1[S]CCNCC[S]1. The van der Waals surface area contributed by atoms with Gasteiger partial charge in [0.05, 0.1) is 0 Å². The van der Waals surface area contributed by atoms with Crippen molar-refractivity contribution in [2.24, 2.45) is 5.73 Å². The van der Waals surface area contributed by atoms with Crippen LogP contribution in [0.1, 0.15) is 0 Å². The summed E-state index contributed by atoms with van der Waals surface area (Å²) in [6.45, 7) is 3.25. The van der Waals surface area contributed by atoms with Crippen LogP contribution in [0.2, 0.25) is 0 Å². The second kappa shape index (κ2) is 7.87. The summed E-state index contributed by atoms with van der Waals surface area (Å²) >= 11 is 0. The van der Waals surface area contributed by atoms with E-state index in [1.165, 1.54) is 30.3 Å². The first-order chi connectivity index (χ1) is 5.93. The standard InChI is InChI=1S/C6H15GeN2S3/c8-1-4-10-7-11-5-2-9-3-6-12-7/h9H,1-6,8H2. The Morgan fingerprint density at radius 2 is 2.00 bits per heavy atom. The summed E-state index contributed by atoms with van der Waals surface area (Å²) in [5.41, 5.74) is 5.49. The molecule has 1 radical (unpaired) electrons. The fourth-order valence-electron chi connectivity index (χ4n) is 0.805. The van der Waals surface area contributed by atoms with Gasteiger partial charge in [-0.15, -0.1) is 0 Å². The van der Waals surface area contributed by atoms with Crippen molar-refractivity contribution in [2.45, 2.75) is 0 Å². The molecule has 1 aliphatic heterocycles. The van der Waals surface area contributed by atoms with Gasteiger partial charge in [-0.25, -0.2) is 0 Å². The molecule has 0 spiro atoms. The maximum absolute atomic E-state index is 5.49. The van der Waals surface area contributed by atoms with E-state index in [4.69, 9.17) is 5.73 Å². The predicted octanol–water partition coefficient (Wildman–Crippen LogP) is 0.733. The van der Waals surface area contributed by atoms with Crippen LogP contribution in [0.25, 0.3) is 0 Å². The molecular formula is C6H15GeN2S3. The molecule has 2 nitrogen and oxygen atoms in total. The average molecular weight is 284 g/mol. The molecule has 0 amide bonds. The Bertz CT molecular complexity index is 106. The van der Waals surface area contributed by atoms with Crippen LogP contribution in [0.15, 0.2) is 0 Å². The van der Waals surface area contributed by atoms with Crippen LogP contribution in [0.4, 0.5) is 0 Å². The number of hydrogen-bond acceptors (Lipinski definition) is 5. The van der Waals surface area contributed by atoms with Gasteiger partial charge in [0, 0.05) is 0 Å². The van der Waals surface area contributed by atoms with Crippen LogP contribution in [0.5, 0.6) is 0 Å². The molecular weight excluding hydrogens is 269 g/mol. The van der Waals surface area contributed by atoms with Crippen LogP contribution in [0.3, 0.4) is 0 Å². The minimum atomic E-state index is -0.849. The Labute approximate surface area is 88.7 Å².